The van der Waals surface area contributed by atoms with E-state index in [4.69, 9.17) is 21.5 Å². The summed E-state index contributed by atoms with van der Waals surface area (Å²) in [5, 5.41) is 10.4. The molecular weight excluding hydrogens is 589 g/mol. The minimum atomic E-state index is 0.543. The van der Waals surface area contributed by atoms with Crippen molar-refractivity contribution in [3.05, 3.63) is 145 Å². The lowest BCUT2D eigenvalue weighted by molar-refractivity contribution is 1.01. The second-order valence-corrected chi connectivity index (χ2v) is 12.3. The zero-order chi connectivity index (χ0) is 31.5. The molecule has 11 aromatic rings. The predicted octanol–water partition coefficient (Wildman–Crippen LogP) is 10.6. The van der Waals surface area contributed by atoms with E-state index in [0.29, 0.717) is 17.3 Å². The van der Waals surface area contributed by atoms with Gasteiger partial charge in [-0.05, 0) is 58.8 Å². The topological polar surface area (TPSA) is 52.4 Å². The first kappa shape index (κ1) is 25.4. The predicted molar refractivity (Wildman–Crippen MR) is 196 cm³/mol. The number of rotatable bonds is 2. The van der Waals surface area contributed by atoms with E-state index in [2.05, 4.69) is 105 Å². The largest absolute Gasteiger partial charge is 0.308 e. The van der Waals surface area contributed by atoms with Crippen molar-refractivity contribution >= 4 is 87.4 Å². The summed E-state index contributed by atoms with van der Waals surface area (Å²) >= 11 is 0. The normalized spacial score (nSPS) is 12.1. The van der Waals surface area contributed by atoms with Crippen LogP contribution in [0, 0.1) is 6.57 Å². The molecule has 0 fully saturated rings. The van der Waals surface area contributed by atoms with E-state index in [9.17, 15) is 0 Å². The fraction of sp³-hybridized carbons (Fsp3) is 0. The van der Waals surface area contributed by atoms with Crippen molar-refractivity contribution < 1.29 is 0 Å². The average Bonchev–Trinajstić information content (AvgIpc) is 3.79. The molecule has 0 spiro atoms. The van der Waals surface area contributed by atoms with Gasteiger partial charge < -0.3 is 4.40 Å². The molecule has 48 heavy (non-hydrogen) atoms. The van der Waals surface area contributed by atoms with E-state index >= 15 is 0 Å². The van der Waals surface area contributed by atoms with E-state index in [0.717, 1.165) is 27.7 Å². The minimum Gasteiger partial charge on any atom is -0.308 e. The fourth-order valence-corrected chi connectivity index (χ4v) is 7.98. The summed E-state index contributed by atoms with van der Waals surface area (Å²) in [6.45, 7) is 7.65. The van der Waals surface area contributed by atoms with Gasteiger partial charge >= 0.3 is 0 Å². The van der Waals surface area contributed by atoms with Crippen molar-refractivity contribution in [2.45, 2.75) is 0 Å². The van der Waals surface area contributed by atoms with E-state index in [-0.39, 0.29) is 0 Å². The van der Waals surface area contributed by atoms with Crippen LogP contribution in [0.15, 0.2) is 134 Å². The molecule has 5 heterocycles. The van der Waals surface area contributed by atoms with Gasteiger partial charge in [0.25, 0.3) is 0 Å². The summed E-state index contributed by atoms with van der Waals surface area (Å²) in [6.07, 6.45) is 1.77. The van der Waals surface area contributed by atoms with Crippen molar-refractivity contribution in [3.8, 4) is 17.2 Å². The van der Waals surface area contributed by atoms with E-state index in [1.165, 1.54) is 59.6 Å². The highest BCUT2D eigenvalue weighted by molar-refractivity contribution is 6.38. The summed E-state index contributed by atoms with van der Waals surface area (Å²) in [7, 11) is 0. The first-order valence-electron chi connectivity index (χ1n) is 15.9. The third-order valence-corrected chi connectivity index (χ3v) is 9.90. The first-order valence-corrected chi connectivity index (χ1v) is 15.9. The molecule has 0 radical (unpaired) electrons. The van der Waals surface area contributed by atoms with Crippen LogP contribution in [0.2, 0.25) is 0 Å². The molecule has 0 bridgehead atoms. The molecular formula is C42H22N6. The second-order valence-electron chi connectivity index (χ2n) is 12.3. The van der Waals surface area contributed by atoms with Crippen molar-refractivity contribution in [2.75, 3.05) is 0 Å². The Kier molecular flexibility index (Phi) is 4.82. The maximum Gasteiger partial charge on any atom is 0.237 e. The van der Waals surface area contributed by atoms with Crippen molar-refractivity contribution in [1.29, 1.82) is 0 Å². The van der Waals surface area contributed by atoms with Crippen LogP contribution in [0.5, 0.6) is 0 Å². The van der Waals surface area contributed by atoms with E-state index < -0.39 is 0 Å². The Morgan fingerprint density at radius 1 is 0.542 bits per heavy atom. The monoisotopic (exact) mass is 610 g/mol. The molecule has 0 atom stereocenters. The quantitative estimate of drug-likeness (QED) is 0.183. The molecule has 0 saturated heterocycles. The maximum absolute atomic E-state index is 7.65. The van der Waals surface area contributed by atoms with Crippen LogP contribution < -0.4 is 0 Å². The van der Waals surface area contributed by atoms with Gasteiger partial charge in [-0.2, -0.15) is 4.98 Å². The molecule has 0 N–H and O–H groups in total. The highest BCUT2D eigenvalue weighted by atomic mass is 15.2. The van der Waals surface area contributed by atoms with Crippen LogP contribution in [0.3, 0.4) is 0 Å². The lowest BCUT2D eigenvalue weighted by Crippen LogP contribution is -2.04. The Labute approximate surface area is 272 Å². The zero-order valence-corrected chi connectivity index (χ0v) is 25.4. The van der Waals surface area contributed by atoms with Gasteiger partial charge in [-0.25, -0.2) is 14.8 Å². The number of pyridine rings is 1. The molecule has 5 aromatic heterocycles. The minimum absolute atomic E-state index is 0.543. The van der Waals surface area contributed by atoms with Gasteiger partial charge in [-0.3, -0.25) is 4.57 Å². The summed E-state index contributed by atoms with van der Waals surface area (Å²) in [6, 6.07) is 44.3. The zero-order valence-electron chi connectivity index (χ0n) is 25.4. The third-order valence-electron chi connectivity index (χ3n) is 9.90. The van der Waals surface area contributed by atoms with Gasteiger partial charge in [0.15, 0.2) is 11.3 Å². The van der Waals surface area contributed by atoms with Crippen LogP contribution in [-0.4, -0.2) is 23.9 Å². The van der Waals surface area contributed by atoms with Crippen LogP contribution in [0.1, 0.15) is 0 Å². The van der Waals surface area contributed by atoms with Crippen LogP contribution >= 0.6 is 0 Å². The molecule has 11 rings (SSSR count). The van der Waals surface area contributed by atoms with Gasteiger partial charge in [0.1, 0.15) is 0 Å². The van der Waals surface area contributed by atoms with E-state index in [1.807, 2.05) is 36.4 Å². The molecule has 6 heteroatoms. The molecule has 0 aliphatic rings. The number of hydrogen-bond acceptors (Lipinski definition) is 3. The molecule has 0 aliphatic carbocycles. The highest BCUT2D eigenvalue weighted by Crippen LogP contribution is 2.48. The third kappa shape index (κ3) is 3.17. The average molecular weight is 611 g/mol. The smallest absolute Gasteiger partial charge is 0.237 e. The fourth-order valence-electron chi connectivity index (χ4n) is 7.98. The first-order chi connectivity index (χ1) is 23.8. The molecule has 0 unspecified atom stereocenters. The van der Waals surface area contributed by atoms with E-state index in [1.54, 1.807) is 6.20 Å². The Bertz CT molecular complexity index is 3200. The summed E-state index contributed by atoms with van der Waals surface area (Å²) in [5.41, 5.74) is 8.47. The van der Waals surface area contributed by atoms with Crippen molar-refractivity contribution in [1.82, 2.24) is 23.9 Å². The second kappa shape index (κ2) is 9.12. The lowest BCUT2D eigenvalue weighted by Gasteiger charge is -2.12. The number of nitrogens with zero attached hydrogens (tertiary/aromatic N) is 6. The summed E-state index contributed by atoms with van der Waals surface area (Å²) in [4.78, 5) is 18.9. The molecule has 0 aliphatic heterocycles. The van der Waals surface area contributed by atoms with Gasteiger partial charge in [-0.1, -0.05) is 84.9 Å². The molecule has 6 aromatic carbocycles. The van der Waals surface area contributed by atoms with Crippen LogP contribution in [0.4, 0.5) is 5.69 Å². The Morgan fingerprint density at radius 2 is 1.31 bits per heavy atom. The lowest BCUT2D eigenvalue weighted by atomic mass is 9.99. The number of para-hydroxylation sites is 2. The Balaban J connectivity index is 1.40. The van der Waals surface area contributed by atoms with Crippen molar-refractivity contribution in [2.24, 2.45) is 0 Å². The molecule has 6 nitrogen and oxygen atoms in total. The van der Waals surface area contributed by atoms with Crippen molar-refractivity contribution in [3.63, 3.8) is 0 Å². The number of benzene rings is 6. The Morgan fingerprint density at radius 3 is 2.19 bits per heavy atom. The van der Waals surface area contributed by atoms with Gasteiger partial charge in [-0.15, -0.1) is 0 Å². The number of aromatic nitrogens is 5. The van der Waals surface area contributed by atoms with Gasteiger partial charge in [0.05, 0.1) is 39.8 Å². The summed E-state index contributed by atoms with van der Waals surface area (Å²) < 4.78 is 4.65. The van der Waals surface area contributed by atoms with Gasteiger partial charge in [0.2, 0.25) is 5.95 Å². The molecule has 0 amide bonds. The standard InChI is InChI=1S/C42H22N6/c1-43-26-12-8-11-25(22-26)39-30-16-9-21-44-41(30)46-42(45-39)48-34-20-19-24-10-2-3-13-27(24)36(34)38-35(48)23-31-28-14-4-6-17-32(28)47-33-18-7-5-15-29(33)37(38)40(31)47/h2-23H. The number of hydrogen-bond donors (Lipinski definition) is 0. The van der Waals surface area contributed by atoms with Gasteiger partial charge in [0, 0.05) is 43.9 Å². The summed E-state index contributed by atoms with van der Waals surface area (Å²) in [5.74, 6) is 0.543. The SMILES string of the molecule is [C-]#[N+]c1cccc(-c2nc(-n3c4ccc5ccccc5c4c4c5c6ccccc6n6c7ccccc7c(cc43)c56)nc3ncccc23)c1. The Hall–Kier alpha value is -6.84. The maximum atomic E-state index is 7.65. The van der Waals surface area contributed by atoms with Crippen LogP contribution in [0.25, 0.3) is 104 Å². The molecule has 220 valence electrons. The number of fused-ring (bicyclic) bond motifs is 13. The highest BCUT2D eigenvalue weighted by Gasteiger charge is 2.26. The van der Waals surface area contributed by atoms with Crippen LogP contribution in [-0.2, 0) is 0 Å². The molecule has 0 saturated carbocycles.